The molecule has 0 spiro atoms. The fourth-order valence-electron chi connectivity index (χ4n) is 8.02. The summed E-state index contributed by atoms with van der Waals surface area (Å²) in [4.78, 5) is 52.3. The molecule has 3 atom stereocenters. The van der Waals surface area contributed by atoms with Crippen molar-refractivity contribution < 1.29 is 14.4 Å². The largest absolute Gasteiger partial charge is 0.356 e. The average molecular weight is 632 g/mol. The molecule has 3 aliphatic heterocycles. The third-order valence-corrected chi connectivity index (χ3v) is 10.5. The molecule has 8 nitrogen and oxygen atoms in total. The number of hydrogen-bond donors (Lipinski definition) is 2. The van der Waals surface area contributed by atoms with E-state index in [1.54, 1.807) is 0 Å². The minimum atomic E-state index is -0.848. The van der Waals surface area contributed by atoms with Crippen molar-refractivity contribution in [3.63, 3.8) is 0 Å². The van der Waals surface area contributed by atoms with Crippen LogP contribution < -0.4 is 5.32 Å². The van der Waals surface area contributed by atoms with Gasteiger partial charge in [-0.05, 0) is 101 Å². The minimum absolute atomic E-state index is 0.0171. The van der Waals surface area contributed by atoms with Gasteiger partial charge in [0.1, 0.15) is 0 Å². The molecule has 0 aliphatic carbocycles. The highest BCUT2D eigenvalue weighted by molar-refractivity contribution is 6.31. The van der Waals surface area contributed by atoms with Crippen LogP contribution in [0.2, 0.25) is 5.02 Å². The molecule has 4 heterocycles. The van der Waals surface area contributed by atoms with Crippen LogP contribution in [0.15, 0.2) is 48.5 Å². The molecular weight excluding hydrogens is 586 g/mol. The summed E-state index contributed by atoms with van der Waals surface area (Å²) >= 11 is 6.48. The first-order valence-corrected chi connectivity index (χ1v) is 17.0. The molecule has 2 N–H and O–H groups in total. The van der Waals surface area contributed by atoms with Crippen molar-refractivity contribution in [2.75, 3.05) is 46.8 Å². The first-order chi connectivity index (χ1) is 21.8. The number of aryl methyl sites for hydroxylation is 1. The van der Waals surface area contributed by atoms with Crippen LogP contribution in [-0.2, 0) is 32.8 Å². The lowest BCUT2D eigenvalue weighted by Crippen LogP contribution is -2.66. The van der Waals surface area contributed by atoms with Gasteiger partial charge in [-0.1, -0.05) is 41.9 Å². The van der Waals surface area contributed by atoms with E-state index >= 15 is 0 Å². The lowest BCUT2D eigenvalue weighted by molar-refractivity contribution is -0.167. The van der Waals surface area contributed by atoms with Gasteiger partial charge < -0.3 is 25.0 Å². The highest BCUT2D eigenvalue weighted by Gasteiger charge is 2.59. The second kappa shape index (κ2) is 13.6. The van der Waals surface area contributed by atoms with E-state index in [-0.39, 0.29) is 24.1 Å². The number of piperidine rings is 2. The molecule has 0 radical (unpaired) electrons. The van der Waals surface area contributed by atoms with Crippen LogP contribution in [0, 0.1) is 11.8 Å². The van der Waals surface area contributed by atoms with Gasteiger partial charge in [-0.25, -0.2) is 0 Å². The summed E-state index contributed by atoms with van der Waals surface area (Å²) in [6.07, 6.45) is 6.43. The number of fused-ring (bicyclic) bond motifs is 5. The number of hydrogen-bond acceptors (Lipinski definition) is 4. The van der Waals surface area contributed by atoms with Crippen molar-refractivity contribution in [2.45, 2.75) is 63.3 Å². The van der Waals surface area contributed by atoms with Gasteiger partial charge in [0.2, 0.25) is 17.7 Å². The molecule has 0 saturated carbocycles. The van der Waals surface area contributed by atoms with E-state index in [0.29, 0.717) is 37.4 Å². The predicted molar refractivity (Wildman–Crippen MR) is 178 cm³/mol. The highest BCUT2D eigenvalue weighted by atomic mass is 35.5. The Bertz CT molecular complexity index is 1530. The van der Waals surface area contributed by atoms with Gasteiger partial charge in [0, 0.05) is 60.1 Å². The summed E-state index contributed by atoms with van der Waals surface area (Å²) in [6, 6.07) is 16.2. The summed E-state index contributed by atoms with van der Waals surface area (Å²) < 4.78 is 0. The Kier molecular flexibility index (Phi) is 9.52. The van der Waals surface area contributed by atoms with Gasteiger partial charge in [0.25, 0.3) is 0 Å². The molecule has 0 unspecified atom stereocenters. The van der Waals surface area contributed by atoms with Crippen LogP contribution in [-0.4, -0.2) is 84.2 Å². The fraction of sp³-hybridized carbons (Fsp3) is 0.528. The fourth-order valence-corrected chi connectivity index (χ4v) is 8.19. The summed E-state index contributed by atoms with van der Waals surface area (Å²) in [7, 11) is 4.02. The lowest BCUT2D eigenvalue weighted by atomic mass is 9.64. The topological polar surface area (TPSA) is 88.8 Å². The summed E-state index contributed by atoms with van der Waals surface area (Å²) in [5.74, 6) is -1.03. The molecule has 45 heavy (non-hydrogen) atoms. The third kappa shape index (κ3) is 6.36. The zero-order chi connectivity index (χ0) is 31.6. The molecule has 0 bridgehead atoms. The molecule has 3 amide bonds. The number of carbonyl (C=O) groups excluding carboxylic acids is 3. The summed E-state index contributed by atoms with van der Waals surface area (Å²) in [5.41, 5.74) is 3.42. The Morgan fingerprint density at radius 2 is 1.84 bits per heavy atom. The molecule has 2 fully saturated rings. The minimum Gasteiger partial charge on any atom is -0.356 e. The lowest BCUT2D eigenvalue weighted by Gasteiger charge is -2.56. The number of likely N-dealkylation sites (tertiary alicyclic amines) is 1. The van der Waals surface area contributed by atoms with Crippen molar-refractivity contribution in [1.82, 2.24) is 25.0 Å². The van der Waals surface area contributed by atoms with E-state index in [0.717, 1.165) is 73.9 Å². The number of benzene rings is 2. The Balaban J connectivity index is 1.41. The number of nitrogens with one attached hydrogen (secondary N) is 2. The van der Waals surface area contributed by atoms with Crippen LogP contribution in [0.3, 0.4) is 0 Å². The van der Waals surface area contributed by atoms with Crippen LogP contribution in [0.4, 0.5) is 0 Å². The van der Waals surface area contributed by atoms with Crippen molar-refractivity contribution in [1.29, 1.82) is 0 Å². The number of rotatable bonds is 10. The van der Waals surface area contributed by atoms with E-state index in [1.807, 2.05) is 60.3 Å². The standard InChI is InChI=1S/C36H46ClN5O3/c1-40(2)18-9-17-38-32(43)23-26-22-30(35(45)41-19-7-4-8-20-41)36(16-14-25-10-5-3-6-11-25)33-28(15-21-42(36)34(26)44)29-24-27(37)12-13-31(29)39-33/h3,5-6,10-13,24,26,30,39H,4,7-9,14-23H2,1-2H3,(H,38,43)/t26-,30-,36+/m1/s1. The van der Waals surface area contributed by atoms with Crippen LogP contribution in [0.5, 0.6) is 0 Å². The smallest absolute Gasteiger partial charge is 0.228 e. The maximum Gasteiger partial charge on any atom is 0.228 e. The molecule has 6 rings (SSSR count). The number of amides is 3. The predicted octanol–water partition coefficient (Wildman–Crippen LogP) is 5.14. The zero-order valence-corrected chi connectivity index (χ0v) is 27.4. The first kappa shape index (κ1) is 31.6. The van der Waals surface area contributed by atoms with E-state index in [1.165, 1.54) is 5.56 Å². The van der Waals surface area contributed by atoms with Gasteiger partial charge in [-0.2, -0.15) is 0 Å². The normalized spacial score (nSPS) is 23.2. The van der Waals surface area contributed by atoms with Gasteiger partial charge >= 0.3 is 0 Å². The van der Waals surface area contributed by atoms with Gasteiger partial charge in [-0.3, -0.25) is 14.4 Å². The zero-order valence-electron chi connectivity index (χ0n) is 26.6. The number of aromatic amines is 1. The van der Waals surface area contributed by atoms with E-state index in [9.17, 15) is 14.4 Å². The number of aromatic nitrogens is 1. The van der Waals surface area contributed by atoms with E-state index in [2.05, 4.69) is 27.3 Å². The van der Waals surface area contributed by atoms with Crippen molar-refractivity contribution in [2.24, 2.45) is 11.8 Å². The van der Waals surface area contributed by atoms with Crippen molar-refractivity contribution in [3.05, 3.63) is 70.4 Å². The van der Waals surface area contributed by atoms with Crippen molar-refractivity contribution >= 4 is 40.2 Å². The number of halogens is 1. The molecule has 3 aliphatic rings. The third-order valence-electron chi connectivity index (χ3n) is 10.2. The first-order valence-electron chi connectivity index (χ1n) is 16.6. The molecule has 1 aromatic heterocycles. The van der Waals surface area contributed by atoms with Crippen LogP contribution in [0.25, 0.3) is 10.9 Å². The van der Waals surface area contributed by atoms with Crippen LogP contribution in [0.1, 0.15) is 61.8 Å². The van der Waals surface area contributed by atoms with E-state index in [4.69, 9.17) is 11.6 Å². The molecule has 9 heteroatoms. The van der Waals surface area contributed by atoms with Gasteiger partial charge in [-0.15, -0.1) is 0 Å². The summed E-state index contributed by atoms with van der Waals surface area (Å²) in [5, 5.41) is 4.76. The van der Waals surface area contributed by atoms with Gasteiger partial charge in [0.05, 0.1) is 11.5 Å². The molecule has 2 aromatic carbocycles. The Morgan fingerprint density at radius 3 is 2.60 bits per heavy atom. The quantitative estimate of drug-likeness (QED) is 0.303. The van der Waals surface area contributed by atoms with Crippen LogP contribution >= 0.6 is 11.6 Å². The number of carbonyl (C=O) groups is 3. The second-order valence-corrected chi connectivity index (χ2v) is 13.8. The summed E-state index contributed by atoms with van der Waals surface area (Å²) in [6.45, 7) is 3.43. The maximum absolute atomic E-state index is 14.8. The second-order valence-electron chi connectivity index (χ2n) is 13.4. The Morgan fingerprint density at radius 1 is 1.07 bits per heavy atom. The molecular formula is C36H46ClN5O3. The van der Waals surface area contributed by atoms with Crippen molar-refractivity contribution in [3.8, 4) is 0 Å². The molecule has 240 valence electrons. The maximum atomic E-state index is 14.8. The highest BCUT2D eigenvalue weighted by Crippen LogP contribution is 2.53. The SMILES string of the molecule is CN(C)CCCNC(=O)C[C@H]1C[C@H](C(=O)N2CCCCC2)[C@@]2(CCc3ccccc3)c3[nH]c4ccc(Cl)cc4c3CCN2C1=O. The monoisotopic (exact) mass is 631 g/mol. The van der Waals surface area contributed by atoms with E-state index < -0.39 is 17.4 Å². The average Bonchev–Trinajstić information content (AvgIpc) is 3.42. The Labute approximate surface area is 271 Å². The van der Waals surface area contributed by atoms with Gasteiger partial charge in [0.15, 0.2) is 0 Å². The molecule has 3 aromatic rings. The Hall–Kier alpha value is -3.36. The molecule has 2 saturated heterocycles. The number of nitrogens with zero attached hydrogens (tertiary/aromatic N) is 3. The number of H-pyrrole nitrogens is 1.